The highest BCUT2D eigenvalue weighted by molar-refractivity contribution is 7.71. The van der Waals surface area contributed by atoms with Gasteiger partial charge in [0.25, 0.3) is 0 Å². The third-order valence-electron chi connectivity index (χ3n) is 2.73. The van der Waals surface area contributed by atoms with E-state index in [9.17, 15) is 0 Å². The van der Waals surface area contributed by atoms with E-state index >= 15 is 0 Å². The van der Waals surface area contributed by atoms with Crippen molar-refractivity contribution in [2.45, 2.75) is 20.5 Å². The number of benzene rings is 1. The minimum Gasteiger partial charge on any atom is -0.485 e. The molecule has 1 heterocycles. The van der Waals surface area contributed by atoms with Crippen LogP contribution in [0.1, 0.15) is 17.0 Å². The lowest BCUT2D eigenvalue weighted by Crippen LogP contribution is -2.05. The van der Waals surface area contributed by atoms with Crippen LogP contribution in [0.4, 0.5) is 0 Å². The lowest BCUT2D eigenvalue weighted by molar-refractivity contribution is 0.287. The zero-order valence-electron chi connectivity index (χ0n) is 10.2. The van der Waals surface area contributed by atoms with E-state index in [-0.39, 0.29) is 0 Å². The van der Waals surface area contributed by atoms with E-state index < -0.39 is 0 Å². The van der Waals surface area contributed by atoms with Crippen molar-refractivity contribution in [3.05, 3.63) is 39.9 Å². The second-order valence-electron chi connectivity index (χ2n) is 4.01. The molecule has 0 fully saturated rings. The lowest BCUT2D eigenvalue weighted by atomic mass is 10.1. The third-order valence-corrected chi connectivity index (χ3v) is 3.09. The molecule has 0 atom stereocenters. The van der Waals surface area contributed by atoms with Crippen LogP contribution < -0.4 is 4.74 Å². The summed E-state index contributed by atoms with van der Waals surface area (Å²) in [6, 6.07) is 6.09. The summed E-state index contributed by atoms with van der Waals surface area (Å²) in [4.78, 5) is 0. The van der Waals surface area contributed by atoms with Crippen molar-refractivity contribution in [3.63, 3.8) is 0 Å². The number of ether oxygens (including phenoxy) is 1. The fraction of sp³-hybridized carbons (Fsp3) is 0.333. The van der Waals surface area contributed by atoms with Crippen LogP contribution in [-0.4, -0.2) is 14.8 Å². The molecule has 5 heteroatoms. The minimum absolute atomic E-state index is 0.412. The molecule has 4 nitrogen and oxygen atoms in total. The fourth-order valence-corrected chi connectivity index (χ4v) is 1.82. The summed E-state index contributed by atoms with van der Waals surface area (Å²) in [6.07, 6.45) is 0. The van der Waals surface area contributed by atoms with Gasteiger partial charge in [-0.05, 0) is 37.2 Å². The minimum atomic E-state index is 0.412. The maximum absolute atomic E-state index is 5.80. The molecule has 17 heavy (non-hydrogen) atoms. The van der Waals surface area contributed by atoms with Gasteiger partial charge >= 0.3 is 0 Å². The molecule has 1 aromatic carbocycles. The number of aromatic amines is 1. The van der Waals surface area contributed by atoms with E-state index in [4.69, 9.17) is 17.0 Å². The van der Waals surface area contributed by atoms with Crippen LogP contribution in [0.5, 0.6) is 5.75 Å². The Morgan fingerprint density at radius 3 is 2.53 bits per heavy atom. The van der Waals surface area contributed by atoms with Crippen LogP contribution in [0.15, 0.2) is 18.2 Å². The predicted molar refractivity (Wildman–Crippen MR) is 68.6 cm³/mol. The molecule has 0 spiro atoms. The summed E-state index contributed by atoms with van der Waals surface area (Å²) in [5.74, 6) is 1.71. The smallest absolute Gasteiger partial charge is 0.194 e. The molecule has 0 saturated heterocycles. The van der Waals surface area contributed by atoms with Gasteiger partial charge in [-0.25, -0.2) is 0 Å². The first-order chi connectivity index (χ1) is 8.09. The summed E-state index contributed by atoms with van der Waals surface area (Å²) >= 11 is 5.05. The van der Waals surface area contributed by atoms with Gasteiger partial charge < -0.3 is 9.30 Å². The largest absolute Gasteiger partial charge is 0.485 e. The lowest BCUT2D eigenvalue weighted by Gasteiger charge is -2.11. The van der Waals surface area contributed by atoms with Crippen LogP contribution in [0, 0.1) is 18.6 Å². The SMILES string of the molecule is Cc1cccc(C)c1OCc1n[nH]c(=S)n1C. The summed E-state index contributed by atoms with van der Waals surface area (Å²) in [7, 11) is 1.87. The number of para-hydroxylation sites is 1. The van der Waals surface area contributed by atoms with Crippen molar-refractivity contribution in [1.82, 2.24) is 14.8 Å². The molecule has 0 saturated carbocycles. The molecular formula is C12H15N3OS. The highest BCUT2D eigenvalue weighted by Gasteiger charge is 2.06. The summed E-state index contributed by atoms with van der Waals surface area (Å²) < 4.78 is 8.21. The number of H-pyrrole nitrogens is 1. The number of aryl methyl sites for hydroxylation is 2. The van der Waals surface area contributed by atoms with Crippen LogP contribution in [0.3, 0.4) is 0 Å². The summed E-state index contributed by atoms with van der Waals surface area (Å²) in [5, 5.41) is 6.85. The van der Waals surface area contributed by atoms with Crippen LogP contribution in [0.2, 0.25) is 0 Å². The molecule has 1 aromatic heterocycles. The Morgan fingerprint density at radius 1 is 1.35 bits per heavy atom. The van der Waals surface area contributed by atoms with Gasteiger partial charge in [0.05, 0.1) is 0 Å². The Balaban J connectivity index is 2.18. The van der Waals surface area contributed by atoms with Crippen molar-refractivity contribution in [2.24, 2.45) is 7.05 Å². The van der Waals surface area contributed by atoms with E-state index in [2.05, 4.69) is 10.2 Å². The first-order valence-electron chi connectivity index (χ1n) is 5.39. The quantitative estimate of drug-likeness (QED) is 0.850. The average Bonchev–Trinajstić information content (AvgIpc) is 2.60. The normalized spacial score (nSPS) is 10.5. The van der Waals surface area contributed by atoms with E-state index in [1.54, 1.807) is 0 Å². The van der Waals surface area contributed by atoms with Gasteiger partial charge in [0.2, 0.25) is 0 Å². The second kappa shape index (κ2) is 4.71. The Morgan fingerprint density at radius 2 is 2.00 bits per heavy atom. The van der Waals surface area contributed by atoms with Crippen LogP contribution >= 0.6 is 12.2 Å². The molecule has 0 aliphatic rings. The molecular weight excluding hydrogens is 234 g/mol. The van der Waals surface area contributed by atoms with Crippen LogP contribution in [0.25, 0.3) is 0 Å². The Kier molecular flexibility index (Phi) is 3.28. The molecule has 0 aliphatic heterocycles. The molecule has 0 radical (unpaired) electrons. The van der Waals surface area contributed by atoms with E-state index in [0.717, 1.165) is 22.7 Å². The highest BCUT2D eigenvalue weighted by Crippen LogP contribution is 2.23. The van der Waals surface area contributed by atoms with Gasteiger partial charge in [-0.2, -0.15) is 5.10 Å². The number of aromatic nitrogens is 3. The van der Waals surface area contributed by atoms with Gasteiger partial charge in [0, 0.05) is 7.05 Å². The summed E-state index contributed by atoms with van der Waals surface area (Å²) in [6.45, 7) is 4.48. The third kappa shape index (κ3) is 2.39. The van der Waals surface area contributed by atoms with Crippen molar-refractivity contribution in [1.29, 1.82) is 0 Å². The maximum Gasteiger partial charge on any atom is 0.194 e. The monoisotopic (exact) mass is 249 g/mol. The Bertz CT molecular complexity index is 565. The van der Waals surface area contributed by atoms with Crippen molar-refractivity contribution >= 4 is 12.2 Å². The van der Waals surface area contributed by atoms with Gasteiger partial charge in [0.15, 0.2) is 10.6 Å². The number of nitrogens with one attached hydrogen (secondary N) is 1. The predicted octanol–water partition coefficient (Wildman–Crippen LogP) is 2.67. The number of nitrogens with zero attached hydrogens (tertiary/aromatic N) is 2. The average molecular weight is 249 g/mol. The molecule has 0 amide bonds. The van der Waals surface area contributed by atoms with Gasteiger partial charge in [-0.3, -0.25) is 5.10 Å². The van der Waals surface area contributed by atoms with Gasteiger partial charge in [-0.1, -0.05) is 18.2 Å². The van der Waals surface area contributed by atoms with Crippen molar-refractivity contribution in [3.8, 4) is 5.75 Å². The molecule has 1 N–H and O–H groups in total. The Labute approximate surface area is 105 Å². The second-order valence-corrected chi connectivity index (χ2v) is 4.40. The first kappa shape index (κ1) is 11.9. The number of rotatable bonds is 3. The molecule has 0 unspecified atom stereocenters. The summed E-state index contributed by atoms with van der Waals surface area (Å²) in [5.41, 5.74) is 2.25. The van der Waals surface area contributed by atoms with Gasteiger partial charge in [-0.15, -0.1) is 0 Å². The topological polar surface area (TPSA) is 42.8 Å². The maximum atomic E-state index is 5.80. The Hall–Kier alpha value is -1.62. The van der Waals surface area contributed by atoms with Gasteiger partial charge in [0.1, 0.15) is 12.4 Å². The van der Waals surface area contributed by atoms with Crippen LogP contribution in [-0.2, 0) is 13.7 Å². The molecule has 0 aliphatic carbocycles. The highest BCUT2D eigenvalue weighted by atomic mass is 32.1. The molecule has 0 bridgehead atoms. The molecule has 90 valence electrons. The van der Waals surface area contributed by atoms with Crippen molar-refractivity contribution in [2.75, 3.05) is 0 Å². The fourth-order valence-electron chi connectivity index (χ4n) is 1.67. The standard InChI is InChI=1S/C12H15N3OS/c1-8-5-4-6-9(2)11(8)16-7-10-13-14-12(17)15(10)3/h4-6H,7H2,1-3H3,(H,14,17). The zero-order valence-corrected chi connectivity index (χ0v) is 11.0. The van der Waals surface area contributed by atoms with E-state index in [0.29, 0.717) is 11.4 Å². The van der Waals surface area contributed by atoms with E-state index in [1.165, 1.54) is 0 Å². The number of hydrogen-bond acceptors (Lipinski definition) is 3. The number of hydrogen-bond donors (Lipinski definition) is 1. The van der Waals surface area contributed by atoms with E-state index in [1.807, 2.05) is 43.7 Å². The molecule has 2 rings (SSSR count). The first-order valence-corrected chi connectivity index (χ1v) is 5.79. The zero-order chi connectivity index (χ0) is 12.4. The molecule has 2 aromatic rings. The van der Waals surface area contributed by atoms with Crippen molar-refractivity contribution < 1.29 is 4.74 Å².